The molecule has 1 aliphatic heterocycles. The van der Waals surface area contributed by atoms with Gasteiger partial charge in [0, 0.05) is 5.02 Å². The zero-order valence-corrected chi connectivity index (χ0v) is 12.0. The average Bonchev–Trinajstić information content (AvgIpc) is 2.42. The molecule has 0 atom stereocenters. The molecule has 0 bridgehead atoms. The Labute approximate surface area is 116 Å². The van der Waals surface area contributed by atoms with Gasteiger partial charge < -0.3 is 4.90 Å². The Hall–Kier alpha value is -0.530. The molecule has 1 fully saturated rings. The first-order valence-corrected chi connectivity index (χ1v) is 7.69. The first kappa shape index (κ1) is 13.9. The van der Waals surface area contributed by atoms with Crippen molar-refractivity contribution in [2.75, 3.05) is 19.6 Å². The first-order chi connectivity index (χ1) is 8.84. The molecule has 0 aromatic heterocycles. The summed E-state index contributed by atoms with van der Waals surface area (Å²) in [6.07, 6.45) is 9.45. The van der Waals surface area contributed by atoms with Crippen LogP contribution in [-0.2, 0) is 6.42 Å². The molecule has 1 aromatic rings. The van der Waals surface area contributed by atoms with E-state index in [2.05, 4.69) is 17.0 Å². The molecule has 1 aliphatic rings. The van der Waals surface area contributed by atoms with E-state index in [0.717, 1.165) is 5.02 Å². The maximum absolute atomic E-state index is 5.88. The third-order valence-corrected chi connectivity index (χ3v) is 4.05. The van der Waals surface area contributed by atoms with Gasteiger partial charge in [-0.1, -0.05) is 36.6 Å². The monoisotopic (exact) mass is 265 g/mol. The summed E-state index contributed by atoms with van der Waals surface area (Å²) in [5.41, 5.74) is 1.41. The Morgan fingerprint density at radius 2 is 1.61 bits per heavy atom. The summed E-state index contributed by atoms with van der Waals surface area (Å²) in [6, 6.07) is 8.27. The van der Waals surface area contributed by atoms with Crippen molar-refractivity contribution in [3.63, 3.8) is 0 Å². The smallest absolute Gasteiger partial charge is 0.0406 e. The second-order valence-corrected chi connectivity index (χ2v) is 5.78. The Kier molecular flexibility index (Phi) is 6.02. The maximum atomic E-state index is 5.88. The third kappa shape index (κ3) is 4.99. The van der Waals surface area contributed by atoms with E-state index in [1.165, 1.54) is 70.1 Å². The molecule has 100 valence electrons. The molecule has 1 heterocycles. The van der Waals surface area contributed by atoms with E-state index in [9.17, 15) is 0 Å². The SMILES string of the molecule is Clc1ccc(CCCCCN2CCCCC2)cc1. The van der Waals surface area contributed by atoms with Crippen LogP contribution in [-0.4, -0.2) is 24.5 Å². The summed E-state index contributed by atoms with van der Waals surface area (Å²) < 4.78 is 0. The number of rotatable bonds is 6. The summed E-state index contributed by atoms with van der Waals surface area (Å²) in [4.78, 5) is 2.63. The maximum Gasteiger partial charge on any atom is 0.0406 e. The lowest BCUT2D eigenvalue weighted by Crippen LogP contribution is -2.30. The number of hydrogen-bond donors (Lipinski definition) is 0. The number of likely N-dealkylation sites (tertiary alicyclic amines) is 1. The van der Waals surface area contributed by atoms with Gasteiger partial charge in [0.15, 0.2) is 0 Å². The molecule has 1 nitrogen and oxygen atoms in total. The fourth-order valence-corrected chi connectivity index (χ4v) is 2.80. The summed E-state index contributed by atoms with van der Waals surface area (Å²) in [7, 11) is 0. The Morgan fingerprint density at radius 1 is 0.889 bits per heavy atom. The van der Waals surface area contributed by atoms with Gasteiger partial charge in [-0.3, -0.25) is 0 Å². The molecule has 0 radical (unpaired) electrons. The Bertz CT molecular complexity index is 327. The van der Waals surface area contributed by atoms with Gasteiger partial charge >= 0.3 is 0 Å². The van der Waals surface area contributed by atoms with Gasteiger partial charge in [-0.15, -0.1) is 0 Å². The second-order valence-electron chi connectivity index (χ2n) is 5.34. The predicted octanol–water partition coefficient (Wildman–Crippen LogP) is 4.54. The lowest BCUT2D eigenvalue weighted by Gasteiger charge is -2.26. The fraction of sp³-hybridized carbons (Fsp3) is 0.625. The fourth-order valence-electron chi connectivity index (χ4n) is 2.68. The number of nitrogens with zero attached hydrogens (tertiary/aromatic N) is 1. The molecule has 2 heteroatoms. The Balaban J connectivity index is 1.54. The highest BCUT2D eigenvalue weighted by Gasteiger charge is 2.08. The number of unbranched alkanes of at least 4 members (excludes halogenated alkanes) is 2. The van der Waals surface area contributed by atoms with Gasteiger partial charge in [0.05, 0.1) is 0 Å². The van der Waals surface area contributed by atoms with Crippen molar-refractivity contribution < 1.29 is 0 Å². The number of benzene rings is 1. The van der Waals surface area contributed by atoms with E-state index in [-0.39, 0.29) is 0 Å². The highest BCUT2D eigenvalue weighted by molar-refractivity contribution is 6.30. The average molecular weight is 266 g/mol. The molecule has 18 heavy (non-hydrogen) atoms. The summed E-state index contributed by atoms with van der Waals surface area (Å²) in [6.45, 7) is 3.97. The minimum Gasteiger partial charge on any atom is -0.303 e. The van der Waals surface area contributed by atoms with E-state index < -0.39 is 0 Å². The number of piperidine rings is 1. The molecular formula is C16H24ClN. The molecular weight excluding hydrogens is 242 g/mol. The Morgan fingerprint density at radius 3 is 2.33 bits per heavy atom. The lowest BCUT2D eigenvalue weighted by atomic mass is 10.1. The third-order valence-electron chi connectivity index (χ3n) is 3.80. The molecule has 0 amide bonds. The van der Waals surface area contributed by atoms with Gasteiger partial charge in [-0.25, -0.2) is 0 Å². The van der Waals surface area contributed by atoms with Crippen molar-refractivity contribution >= 4 is 11.6 Å². The minimum atomic E-state index is 0.837. The van der Waals surface area contributed by atoms with E-state index in [1.54, 1.807) is 0 Å². The zero-order valence-electron chi connectivity index (χ0n) is 11.2. The van der Waals surface area contributed by atoms with Crippen molar-refractivity contribution in [1.29, 1.82) is 0 Å². The highest BCUT2D eigenvalue weighted by Crippen LogP contribution is 2.13. The normalized spacial score (nSPS) is 16.9. The molecule has 0 N–H and O–H groups in total. The van der Waals surface area contributed by atoms with Crippen molar-refractivity contribution in [3.8, 4) is 0 Å². The largest absolute Gasteiger partial charge is 0.303 e. The van der Waals surface area contributed by atoms with Gasteiger partial charge in [0.2, 0.25) is 0 Å². The van der Waals surface area contributed by atoms with Crippen LogP contribution in [0.5, 0.6) is 0 Å². The van der Waals surface area contributed by atoms with Crippen LogP contribution in [0.25, 0.3) is 0 Å². The van der Waals surface area contributed by atoms with Crippen LogP contribution in [0.15, 0.2) is 24.3 Å². The summed E-state index contributed by atoms with van der Waals surface area (Å²) in [5.74, 6) is 0. The predicted molar refractivity (Wildman–Crippen MR) is 79.3 cm³/mol. The quantitative estimate of drug-likeness (QED) is 0.683. The van der Waals surface area contributed by atoms with Gasteiger partial charge in [0.25, 0.3) is 0 Å². The van der Waals surface area contributed by atoms with Crippen molar-refractivity contribution in [3.05, 3.63) is 34.9 Å². The molecule has 0 unspecified atom stereocenters. The van der Waals surface area contributed by atoms with Crippen LogP contribution in [0.1, 0.15) is 44.1 Å². The van der Waals surface area contributed by atoms with Gasteiger partial charge in [0.1, 0.15) is 0 Å². The van der Waals surface area contributed by atoms with Crippen LogP contribution in [0, 0.1) is 0 Å². The molecule has 0 aliphatic carbocycles. The van der Waals surface area contributed by atoms with Gasteiger partial charge in [-0.05, 0) is 69.4 Å². The van der Waals surface area contributed by atoms with Crippen molar-refractivity contribution in [1.82, 2.24) is 4.90 Å². The topological polar surface area (TPSA) is 3.24 Å². The number of hydrogen-bond acceptors (Lipinski definition) is 1. The standard InChI is InChI=1S/C16H24ClN/c17-16-10-8-15(9-11-16)7-3-1-4-12-18-13-5-2-6-14-18/h8-11H,1-7,12-14H2. The highest BCUT2D eigenvalue weighted by atomic mass is 35.5. The van der Waals surface area contributed by atoms with Crippen molar-refractivity contribution in [2.24, 2.45) is 0 Å². The van der Waals surface area contributed by atoms with E-state index in [0.29, 0.717) is 0 Å². The van der Waals surface area contributed by atoms with Gasteiger partial charge in [-0.2, -0.15) is 0 Å². The minimum absolute atomic E-state index is 0.837. The molecule has 0 saturated carbocycles. The van der Waals surface area contributed by atoms with E-state index >= 15 is 0 Å². The molecule has 1 aromatic carbocycles. The lowest BCUT2D eigenvalue weighted by molar-refractivity contribution is 0.224. The van der Waals surface area contributed by atoms with Crippen LogP contribution < -0.4 is 0 Å². The first-order valence-electron chi connectivity index (χ1n) is 7.31. The van der Waals surface area contributed by atoms with E-state index in [1.807, 2.05) is 12.1 Å². The number of aryl methyl sites for hydroxylation is 1. The zero-order chi connectivity index (χ0) is 12.6. The summed E-state index contributed by atoms with van der Waals surface area (Å²) >= 11 is 5.88. The van der Waals surface area contributed by atoms with Crippen molar-refractivity contribution in [2.45, 2.75) is 44.9 Å². The summed E-state index contributed by atoms with van der Waals surface area (Å²) in [5, 5.41) is 0.837. The van der Waals surface area contributed by atoms with E-state index in [4.69, 9.17) is 11.6 Å². The van der Waals surface area contributed by atoms with Crippen LogP contribution in [0.2, 0.25) is 5.02 Å². The molecule has 1 saturated heterocycles. The second kappa shape index (κ2) is 7.81. The molecule has 2 rings (SSSR count). The van der Waals surface area contributed by atoms with Crippen LogP contribution >= 0.6 is 11.6 Å². The molecule has 0 spiro atoms. The van der Waals surface area contributed by atoms with Crippen LogP contribution in [0.3, 0.4) is 0 Å². The van der Waals surface area contributed by atoms with Crippen LogP contribution in [0.4, 0.5) is 0 Å². The number of halogens is 1.